The third kappa shape index (κ3) is 3.72. The second kappa shape index (κ2) is 7.03. The third-order valence-corrected chi connectivity index (χ3v) is 5.01. The van der Waals surface area contributed by atoms with Gasteiger partial charge in [-0.25, -0.2) is 0 Å². The zero-order valence-corrected chi connectivity index (χ0v) is 13.6. The highest BCUT2D eigenvalue weighted by Crippen LogP contribution is 2.17. The summed E-state index contributed by atoms with van der Waals surface area (Å²) in [5.41, 5.74) is 3.14. The molecule has 1 aliphatic heterocycles. The smallest absolute Gasteiger partial charge is 0.252 e. The summed E-state index contributed by atoms with van der Waals surface area (Å²) < 4.78 is 0. The molecule has 4 nitrogen and oxygen atoms in total. The molecule has 1 saturated heterocycles. The molecule has 0 aromatic carbocycles. The SMILES string of the molecule is Cc1cscc1C(=O)NC1CCN(Cc2cccnc2)CC1. The number of hydrogen-bond acceptors (Lipinski definition) is 4. The van der Waals surface area contributed by atoms with E-state index in [2.05, 4.69) is 21.3 Å². The molecule has 0 aliphatic carbocycles. The fourth-order valence-electron chi connectivity index (χ4n) is 2.84. The van der Waals surface area contributed by atoms with Crippen LogP contribution >= 0.6 is 11.3 Å². The molecule has 0 atom stereocenters. The molecule has 22 heavy (non-hydrogen) atoms. The van der Waals surface area contributed by atoms with Crippen LogP contribution in [0.15, 0.2) is 35.3 Å². The first-order chi connectivity index (χ1) is 10.7. The molecular weight excluding hydrogens is 294 g/mol. The maximum Gasteiger partial charge on any atom is 0.252 e. The Kier molecular flexibility index (Phi) is 4.85. The molecule has 2 aromatic rings. The van der Waals surface area contributed by atoms with Crippen molar-refractivity contribution in [3.8, 4) is 0 Å². The number of carbonyl (C=O) groups excluding carboxylic acids is 1. The molecule has 5 heteroatoms. The summed E-state index contributed by atoms with van der Waals surface area (Å²) in [7, 11) is 0. The van der Waals surface area contributed by atoms with Crippen molar-refractivity contribution in [1.82, 2.24) is 15.2 Å². The highest BCUT2D eigenvalue weighted by Gasteiger charge is 2.21. The molecule has 0 saturated carbocycles. The van der Waals surface area contributed by atoms with Gasteiger partial charge in [0.1, 0.15) is 0 Å². The van der Waals surface area contributed by atoms with Crippen molar-refractivity contribution in [1.29, 1.82) is 0 Å². The van der Waals surface area contributed by atoms with Crippen LogP contribution in [-0.2, 0) is 6.54 Å². The molecule has 3 heterocycles. The topological polar surface area (TPSA) is 45.2 Å². The number of rotatable bonds is 4. The lowest BCUT2D eigenvalue weighted by molar-refractivity contribution is 0.0909. The Hall–Kier alpha value is -1.72. The summed E-state index contributed by atoms with van der Waals surface area (Å²) in [6, 6.07) is 4.38. The Morgan fingerprint density at radius 1 is 1.41 bits per heavy atom. The highest BCUT2D eigenvalue weighted by molar-refractivity contribution is 7.08. The number of likely N-dealkylation sites (tertiary alicyclic amines) is 1. The van der Waals surface area contributed by atoms with Gasteiger partial charge in [-0.3, -0.25) is 14.7 Å². The summed E-state index contributed by atoms with van der Waals surface area (Å²) >= 11 is 1.58. The van der Waals surface area contributed by atoms with E-state index in [0.29, 0.717) is 0 Å². The van der Waals surface area contributed by atoms with Crippen molar-refractivity contribution in [3.63, 3.8) is 0 Å². The lowest BCUT2D eigenvalue weighted by atomic mass is 10.0. The van der Waals surface area contributed by atoms with Gasteiger partial charge in [-0.2, -0.15) is 11.3 Å². The van der Waals surface area contributed by atoms with Crippen LogP contribution in [-0.4, -0.2) is 34.9 Å². The van der Waals surface area contributed by atoms with Crippen LogP contribution in [0, 0.1) is 6.92 Å². The Bertz CT molecular complexity index is 618. The molecule has 0 unspecified atom stereocenters. The zero-order chi connectivity index (χ0) is 15.4. The molecule has 1 amide bonds. The summed E-state index contributed by atoms with van der Waals surface area (Å²) in [6.45, 7) is 4.96. The lowest BCUT2D eigenvalue weighted by Gasteiger charge is -2.32. The number of nitrogens with one attached hydrogen (secondary N) is 1. The van der Waals surface area contributed by atoms with E-state index in [1.165, 1.54) is 5.56 Å². The minimum Gasteiger partial charge on any atom is -0.349 e. The molecule has 2 aromatic heterocycles. The molecule has 0 bridgehead atoms. The summed E-state index contributed by atoms with van der Waals surface area (Å²) in [6.07, 6.45) is 5.75. The molecule has 1 aliphatic rings. The summed E-state index contributed by atoms with van der Waals surface area (Å²) in [5.74, 6) is 0.0736. The highest BCUT2D eigenvalue weighted by atomic mass is 32.1. The number of piperidine rings is 1. The standard InChI is InChI=1S/C17H21N3OS/c1-13-11-22-12-16(13)17(21)19-15-4-7-20(8-5-15)10-14-3-2-6-18-9-14/h2-3,6,9,11-12,15H,4-5,7-8,10H2,1H3,(H,19,21). The van der Waals surface area contributed by atoms with E-state index in [1.807, 2.05) is 29.9 Å². The zero-order valence-electron chi connectivity index (χ0n) is 12.8. The second-order valence-corrected chi connectivity index (χ2v) is 6.60. The van der Waals surface area contributed by atoms with Crippen molar-refractivity contribution in [2.45, 2.75) is 32.4 Å². The van der Waals surface area contributed by atoms with Gasteiger partial charge in [-0.1, -0.05) is 6.07 Å². The Labute approximate surface area is 135 Å². The van der Waals surface area contributed by atoms with Gasteiger partial charge in [0.25, 0.3) is 5.91 Å². The number of aryl methyl sites for hydroxylation is 1. The van der Waals surface area contributed by atoms with Crippen LogP contribution in [0.4, 0.5) is 0 Å². The molecule has 3 rings (SSSR count). The lowest BCUT2D eigenvalue weighted by Crippen LogP contribution is -2.44. The van der Waals surface area contributed by atoms with Crippen molar-refractivity contribution >= 4 is 17.2 Å². The van der Waals surface area contributed by atoms with Crippen LogP contribution < -0.4 is 5.32 Å². The van der Waals surface area contributed by atoms with E-state index >= 15 is 0 Å². The van der Waals surface area contributed by atoms with E-state index in [9.17, 15) is 4.79 Å². The van der Waals surface area contributed by atoms with Gasteiger partial charge >= 0.3 is 0 Å². The minimum absolute atomic E-state index is 0.0736. The monoisotopic (exact) mass is 315 g/mol. The number of nitrogens with zero attached hydrogens (tertiary/aromatic N) is 2. The minimum atomic E-state index is 0.0736. The number of pyridine rings is 1. The predicted octanol–water partition coefficient (Wildman–Crippen LogP) is 2.85. The van der Waals surface area contributed by atoms with E-state index in [0.717, 1.165) is 43.6 Å². The Morgan fingerprint density at radius 3 is 2.86 bits per heavy atom. The van der Waals surface area contributed by atoms with Gasteiger partial charge in [-0.15, -0.1) is 0 Å². The fraction of sp³-hybridized carbons (Fsp3) is 0.412. The largest absolute Gasteiger partial charge is 0.349 e. The van der Waals surface area contributed by atoms with Crippen molar-refractivity contribution in [2.24, 2.45) is 0 Å². The van der Waals surface area contributed by atoms with Crippen LogP contribution in [0.25, 0.3) is 0 Å². The second-order valence-electron chi connectivity index (χ2n) is 5.85. The maximum absolute atomic E-state index is 12.2. The average molecular weight is 315 g/mol. The number of thiophene rings is 1. The van der Waals surface area contributed by atoms with Crippen LogP contribution in [0.2, 0.25) is 0 Å². The van der Waals surface area contributed by atoms with E-state index in [1.54, 1.807) is 17.5 Å². The first-order valence-corrected chi connectivity index (χ1v) is 8.61. The molecule has 0 radical (unpaired) electrons. The normalized spacial score (nSPS) is 16.6. The van der Waals surface area contributed by atoms with Gasteiger partial charge in [0, 0.05) is 43.4 Å². The fourth-order valence-corrected chi connectivity index (χ4v) is 3.67. The quantitative estimate of drug-likeness (QED) is 0.943. The first-order valence-electron chi connectivity index (χ1n) is 7.67. The molecule has 0 spiro atoms. The molecule has 1 fully saturated rings. The van der Waals surface area contributed by atoms with E-state index in [-0.39, 0.29) is 11.9 Å². The molecule has 116 valence electrons. The van der Waals surface area contributed by atoms with Gasteiger partial charge < -0.3 is 5.32 Å². The van der Waals surface area contributed by atoms with E-state index in [4.69, 9.17) is 0 Å². The van der Waals surface area contributed by atoms with Gasteiger partial charge in [0.05, 0.1) is 5.56 Å². The number of aromatic nitrogens is 1. The van der Waals surface area contributed by atoms with Crippen LogP contribution in [0.3, 0.4) is 0 Å². The van der Waals surface area contributed by atoms with Crippen LogP contribution in [0.1, 0.15) is 34.3 Å². The summed E-state index contributed by atoms with van der Waals surface area (Å²) in [4.78, 5) is 18.8. The van der Waals surface area contributed by atoms with Crippen molar-refractivity contribution in [3.05, 3.63) is 52.0 Å². The van der Waals surface area contributed by atoms with Gasteiger partial charge in [-0.05, 0) is 42.3 Å². The van der Waals surface area contributed by atoms with Gasteiger partial charge in [0.2, 0.25) is 0 Å². The van der Waals surface area contributed by atoms with Crippen LogP contribution in [0.5, 0.6) is 0 Å². The predicted molar refractivity (Wildman–Crippen MR) is 89.1 cm³/mol. The number of amides is 1. The number of hydrogen-bond donors (Lipinski definition) is 1. The number of carbonyl (C=O) groups is 1. The Balaban J connectivity index is 1.48. The van der Waals surface area contributed by atoms with E-state index < -0.39 is 0 Å². The molecular formula is C17H21N3OS. The summed E-state index contributed by atoms with van der Waals surface area (Å²) in [5, 5.41) is 7.13. The Morgan fingerprint density at radius 2 is 2.23 bits per heavy atom. The maximum atomic E-state index is 12.2. The first kappa shape index (κ1) is 15.2. The molecule has 1 N–H and O–H groups in total. The van der Waals surface area contributed by atoms with Crippen molar-refractivity contribution < 1.29 is 4.79 Å². The average Bonchev–Trinajstić information content (AvgIpc) is 2.96. The third-order valence-electron chi connectivity index (χ3n) is 4.15. The van der Waals surface area contributed by atoms with Gasteiger partial charge in [0.15, 0.2) is 0 Å². The van der Waals surface area contributed by atoms with Crippen molar-refractivity contribution in [2.75, 3.05) is 13.1 Å².